The van der Waals surface area contributed by atoms with E-state index in [-0.39, 0.29) is 12.5 Å². The topological polar surface area (TPSA) is 106 Å². The number of nitrogens with zero attached hydrogens (tertiary/aromatic N) is 1. The number of ether oxygens (including phenoxy) is 3. The predicted octanol–water partition coefficient (Wildman–Crippen LogP) is 5.37. The predicted molar refractivity (Wildman–Crippen MR) is 140 cm³/mol. The Morgan fingerprint density at radius 3 is 2.11 bits per heavy atom. The highest BCUT2D eigenvalue weighted by Crippen LogP contribution is 2.31. The quantitative estimate of drug-likeness (QED) is 0.540. The highest BCUT2D eigenvalue weighted by Gasteiger charge is 2.26. The lowest BCUT2D eigenvalue weighted by molar-refractivity contribution is -0.122. The molecule has 0 fully saturated rings. The van der Waals surface area contributed by atoms with Crippen molar-refractivity contribution in [2.75, 3.05) is 5.32 Å². The van der Waals surface area contributed by atoms with Gasteiger partial charge in [-0.15, -0.1) is 0 Å². The molecule has 2 aromatic carbocycles. The van der Waals surface area contributed by atoms with Gasteiger partial charge < -0.3 is 24.8 Å². The summed E-state index contributed by atoms with van der Waals surface area (Å²) >= 11 is 0. The number of hydrogen-bond acceptors (Lipinski definition) is 6. The van der Waals surface area contributed by atoms with Crippen molar-refractivity contribution in [3.8, 4) is 5.75 Å². The number of benzene rings is 2. The summed E-state index contributed by atoms with van der Waals surface area (Å²) in [6, 6.07) is 13.1. The van der Waals surface area contributed by atoms with E-state index in [0.29, 0.717) is 24.5 Å². The van der Waals surface area contributed by atoms with Gasteiger partial charge in [0.15, 0.2) is 6.10 Å². The van der Waals surface area contributed by atoms with E-state index >= 15 is 0 Å². The first-order valence-corrected chi connectivity index (χ1v) is 12.3. The summed E-state index contributed by atoms with van der Waals surface area (Å²) in [5.74, 6) is 0.380. The number of fused-ring (bicyclic) bond motifs is 1. The van der Waals surface area contributed by atoms with Gasteiger partial charge in [0.2, 0.25) is 0 Å². The lowest BCUT2D eigenvalue weighted by Crippen LogP contribution is -2.36. The van der Waals surface area contributed by atoms with Gasteiger partial charge in [-0.1, -0.05) is 30.3 Å². The fourth-order valence-corrected chi connectivity index (χ4v) is 3.56. The Kier molecular flexibility index (Phi) is 8.35. The fraction of sp³-hybridized carbons (Fsp3) is 0.464. The van der Waals surface area contributed by atoms with Crippen molar-refractivity contribution < 1.29 is 28.6 Å². The molecule has 0 spiro atoms. The van der Waals surface area contributed by atoms with Crippen LogP contribution in [0.1, 0.15) is 65.2 Å². The molecule has 2 aromatic rings. The number of rotatable bonds is 6. The summed E-state index contributed by atoms with van der Waals surface area (Å²) in [5, 5.41) is 5.58. The largest absolute Gasteiger partial charge is 0.479 e. The Morgan fingerprint density at radius 2 is 1.49 bits per heavy atom. The van der Waals surface area contributed by atoms with Gasteiger partial charge in [0.25, 0.3) is 5.91 Å². The molecule has 1 aliphatic rings. The zero-order valence-corrected chi connectivity index (χ0v) is 22.6. The second-order valence-electron chi connectivity index (χ2n) is 11.1. The van der Waals surface area contributed by atoms with Crippen LogP contribution in [0.25, 0.3) is 0 Å². The molecule has 2 N–H and O–H groups in total. The summed E-state index contributed by atoms with van der Waals surface area (Å²) in [7, 11) is 0. The highest BCUT2D eigenvalue weighted by atomic mass is 16.6. The van der Waals surface area contributed by atoms with E-state index in [1.165, 1.54) is 0 Å². The van der Waals surface area contributed by atoms with Gasteiger partial charge in [0.05, 0.1) is 5.69 Å². The molecule has 1 atom stereocenters. The maximum atomic E-state index is 13.1. The van der Waals surface area contributed by atoms with Crippen molar-refractivity contribution in [3.63, 3.8) is 0 Å². The third kappa shape index (κ3) is 8.70. The fourth-order valence-electron chi connectivity index (χ4n) is 3.56. The SMILES string of the molecule is CC1Oc2ccc(CN(Cc3ccc(CNC(=O)OC(C)(C)C)cc3)C(=O)OC(C)(C)C)cc2NC1=O. The second-order valence-corrected chi connectivity index (χ2v) is 11.1. The molecule has 3 amide bonds. The average Bonchev–Trinajstić information content (AvgIpc) is 2.77. The molecule has 0 aliphatic carbocycles. The van der Waals surface area contributed by atoms with Crippen LogP contribution >= 0.6 is 0 Å². The molecule has 0 bridgehead atoms. The van der Waals surface area contributed by atoms with E-state index < -0.39 is 29.5 Å². The van der Waals surface area contributed by atoms with Crippen molar-refractivity contribution in [2.24, 2.45) is 0 Å². The van der Waals surface area contributed by atoms with Crippen molar-refractivity contribution >= 4 is 23.8 Å². The Morgan fingerprint density at radius 1 is 0.919 bits per heavy atom. The van der Waals surface area contributed by atoms with Crippen LogP contribution in [0.2, 0.25) is 0 Å². The van der Waals surface area contributed by atoms with E-state index in [0.717, 1.165) is 16.7 Å². The van der Waals surface area contributed by atoms with Crippen LogP contribution in [0.5, 0.6) is 5.75 Å². The molecule has 1 aliphatic heterocycles. The van der Waals surface area contributed by atoms with Crippen LogP contribution < -0.4 is 15.4 Å². The summed E-state index contributed by atoms with van der Waals surface area (Å²) in [4.78, 5) is 38.6. The van der Waals surface area contributed by atoms with E-state index in [2.05, 4.69) is 10.6 Å². The minimum absolute atomic E-state index is 0.213. The Labute approximate surface area is 218 Å². The average molecular weight is 512 g/mol. The maximum Gasteiger partial charge on any atom is 0.410 e. The molecular weight excluding hydrogens is 474 g/mol. The molecule has 1 unspecified atom stereocenters. The molecule has 200 valence electrons. The molecule has 3 rings (SSSR count). The van der Waals surface area contributed by atoms with Crippen LogP contribution in [-0.4, -0.2) is 40.3 Å². The van der Waals surface area contributed by atoms with Gasteiger partial charge in [-0.3, -0.25) is 9.69 Å². The molecule has 0 saturated carbocycles. The van der Waals surface area contributed by atoms with Crippen LogP contribution in [0.3, 0.4) is 0 Å². The standard InChI is InChI=1S/C28H37N3O6/c1-18-24(32)30-22-14-21(12-13-23(22)35-18)17-31(26(34)37-28(5,6)7)16-20-10-8-19(9-11-20)15-29-25(33)36-27(2,3)4/h8-14,18H,15-17H2,1-7H3,(H,29,33)(H,30,32). The monoisotopic (exact) mass is 511 g/mol. The molecule has 1 heterocycles. The lowest BCUT2D eigenvalue weighted by atomic mass is 10.1. The maximum absolute atomic E-state index is 13.1. The van der Waals surface area contributed by atoms with Crippen molar-refractivity contribution in [1.82, 2.24) is 10.2 Å². The van der Waals surface area contributed by atoms with E-state index in [9.17, 15) is 14.4 Å². The van der Waals surface area contributed by atoms with Crippen LogP contribution in [0.4, 0.5) is 15.3 Å². The number of carbonyl (C=O) groups is 3. The molecule has 9 heteroatoms. The van der Waals surface area contributed by atoms with Crippen molar-refractivity contribution in [2.45, 2.75) is 85.4 Å². The van der Waals surface area contributed by atoms with Crippen LogP contribution in [0.15, 0.2) is 42.5 Å². The first-order valence-electron chi connectivity index (χ1n) is 12.3. The number of alkyl carbamates (subject to hydrolysis) is 1. The second kappa shape index (κ2) is 11.1. The van der Waals surface area contributed by atoms with Gasteiger partial charge in [0, 0.05) is 19.6 Å². The summed E-state index contributed by atoms with van der Waals surface area (Å²) in [6.45, 7) is 13.5. The number of anilines is 1. The van der Waals surface area contributed by atoms with Crippen molar-refractivity contribution in [1.29, 1.82) is 0 Å². The summed E-state index contributed by atoms with van der Waals surface area (Å²) in [5.41, 5.74) is 1.98. The molecular formula is C28H37N3O6. The highest BCUT2D eigenvalue weighted by molar-refractivity contribution is 5.97. The van der Waals surface area contributed by atoms with Gasteiger partial charge in [-0.2, -0.15) is 0 Å². The van der Waals surface area contributed by atoms with Gasteiger partial charge in [-0.05, 0) is 77.3 Å². The molecule has 9 nitrogen and oxygen atoms in total. The van der Waals surface area contributed by atoms with Crippen LogP contribution in [0, 0.1) is 0 Å². The number of nitrogens with one attached hydrogen (secondary N) is 2. The van der Waals surface area contributed by atoms with Gasteiger partial charge in [-0.25, -0.2) is 9.59 Å². The first-order chi connectivity index (χ1) is 17.2. The molecule has 0 radical (unpaired) electrons. The van der Waals surface area contributed by atoms with Crippen LogP contribution in [-0.2, 0) is 33.9 Å². The molecule has 0 saturated heterocycles. The first kappa shape index (κ1) is 27.8. The summed E-state index contributed by atoms with van der Waals surface area (Å²) < 4.78 is 16.5. The van der Waals surface area contributed by atoms with E-state index in [1.807, 2.05) is 77.9 Å². The minimum Gasteiger partial charge on any atom is -0.479 e. The third-order valence-electron chi connectivity index (χ3n) is 5.23. The number of hydrogen-bond donors (Lipinski definition) is 2. The summed E-state index contributed by atoms with van der Waals surface area (Å²) in [6.07, 6.45) is -1.48. The Balaban J connectivity index is 1.71. The zero-order chi connectivity index (χ0) is 27.4. The third-order valence-corrected chi connectivity index (χ3v) is 5.23. The van der Waals surface area contributed by atoms with E-state index in [1.54, 1.807) is 17.9 Å². The van der Waals surface area contributed by atoms with Gasteiger partial charge in [0.1, 0.15) is 17.0 Å². The number of carbonyl (C=O) groups excluding carboxylic acids is 3. The minimum atomic E-state index is -0.652. The van der Waals surface area contributed by atoms with Gasteiger partial charge >= 0.3 is 12.2 Å². The normalized spacial score (nSPS) is 15.1. The van der Waals surface area contributed by atoms with Crippen molar-refractivity contribution in [3.05, 3.63) is 59.2 Å². The molecule has 0 aromatic heterocycles. The molecule has 37 heavy (non-hydrogen) atoms. The van der Waals surface area contributed by atoms with E-state index in [4.69, 9.17) is 14.2 Å². The lowest BCUT2D eigenvalue weighted by Gasteiger charge is -2.28. The zero-order valence-electron chi connectivity index (χ0n) is 22.6. The Hall–Kier alpha value is -3.75. The number of amides is 3. The Bertz CT molecular complexity index is 1130. The smallest absolute Gasteiger partial charge is 0.410 e.